The summed E-state index contributed by atoms with van der Waals surface area (Å²) in [6, 6.07) is -6.02. The van der Waals surface area contributed by atoms with Crippen LogP contribution in [0.4, 0.5) is 0 Å². The van der Waals surface area contributed by atoms with E-state index in [1.807, 2.05) is 5.32 Å². The van der Waals surface area contributed by atoms with Gasteiger partial charge in [0.2, 0.25) is 17.7 Å². The summed E-state index contributed by atoms with van der Waals surface area (Å²) in [7, 11) is 0. The average Bonchev–Trinajstić information content (AvgIpc) is 3.13. The van der Waals surface area contributed by atoms with Crippen molar-refractivity contribution in [1.82, 2.24) is 15.5 Å². The number of likely N-dealkylation sites (tertiary alicyclic amines) is 1. The maximum absolute atomic E-state index is 12.7. The van der Waals surface area contributed by atoms with Gasteiger partial charge in [0.05, 0.1) is 25.0 Å². The van der Waals surface area contributed by atoms with Crippen LogP contribution in [-0.2, 0) is 28.8 Å². The predicted octanol–water partition coefficient (Wildman–Crippen LogP) is -3.31. The monoisotopic (exact) mass is 446 g/mol. The number of nitrogens with two attached hydrogens (primary N) is 1. The highest BCUT2D eigenvalue weighted by molar-refractivity contribution is 5.96. The summed E-state index contributed by atoms with van der Waals surface area (Å²) in [4.78, 5) is 71.3. The van der Waals surface area contributed by atoms with E-state index in [2.05, 4.69) is 5.32 Å². The van der Waals surface area contributed by atoms with Crippen LogP contribution in [0.1, 0.15) is 32.6 Å². The zero-order valence-electron chi connectivity index (χ0n) is 16.7. The number of hydrogen-bond donors (Lipinski definition) is 7. The second-order valence-corrected chi connectivity index (χ2v) is 7.12. The summed E-state index contributed by atoms with van der Waals surface area (Å²) in [6.45, 7) is 1.26. The van der Waals surface area contributed by atoms with Gasteiger partial charge in [-0.3, -0.25) is 24.0 Å². The van der Waals surface area contributed by atoms with Gasteiger partial charge in [-0.05, 0) is 19.8 Å². The molecule has 0 spiro atoms. The number of aliphatic hydroxyl groups is 1. The molecule has 0 aromatic rings. The molecule has 31 heavy (non-hydrogen) atoms. The van der Waals surface area contributed by atoms with Crippen molar-refractivity contribution < 1.29 is 49.2 Å². The summed E-state index contributed by atoms with van der Waals surface area (Å²) < 4.78 is 0. The number of rotatable bonds is 11. The van der Waals surface area contributed by atoms with Gasteiger partial charge in [-0.1, -0.05) is 0 Å². The molecule has 1 aliphatic heterocycles. The Bertz CT molecular complexity index is 740. The zero-order valence-corrected chi connectivity index (χ0v) is 16.7. The van der Waals surface area contributed by atoms with Gasteiger partial charge in [0.25, 0.3) is 0 Å². The van der Waals surface area contributed by atoms with Crippen molar-refractivity contribution in [2.75, 3.05) is 6.54 Å². The molecule has 14 nitrogen and oxygen atoms in total. The number of nitrogens with zero attached hydrogens (tertiary/aromatic N) is 1. The summed E-state index contributed by atoms with van der Waals surface area (Å²) in [6.07, 6.45) is -2.56. The van der Waals surface area contributed by atoms with Gasteiger partial charge in [0, 0.05) is 6.54 Å². The first-order valence-electron chi connectivity index (χ1n) is 9.36. The number of aliphatic carboxylic acids is 3. The Kier molecular flexibility index (Phi) is 9.33. The lowest BCUT2D eigenvalue weighted by atomic mass is 10.1. The quantitative estimate of drug-likeness (QED) is 0.166. The van der Waals surface area contributed by atoms with E-state index in [1.165, 1.54) is 6.92 Å². The molecule has 0 bridgehead atoms. The lowest BCUT2D eigenvalue weighted by molar-refractivity contribution is -0.151. The summed E-state index contributed by atoms with van der Waals surface area (Å²) in [5.74, 6) is -7.25. The Morgan fingerprint density at radius 3 is 2.06 bits per heavy atom. The smallest absolute Gasteiger partial charge is 0.326 e. The molecule has 5 unspecified atom stereocenters. The second-order valence-electron chi connectivity index (χ2n) is 7.12. The fourth-order valence-electron chi connectivity index (χ4n) is 3.05. The Morgan fingerprint density at radius 1 is 1.00 bits per heavy atom. The highest BCUT2D eigenvalue weighted by Gasteiger charge is 2.40. The van der Waals surface area contributed by atoms with Gasteiger partial charge in [0.15, 0.2) is 0 Å². The first-order chi connectivity index (χ1) is 14.3. The lowest BCUT2D eigenvalue weighted by Crippen LogP contribution is -2.60. The van der Waals surface area contributed by atoms with Gasteiger partial charge in [-0.15, -0.1) is 0 Å². The van der Waals surface area contributed by atoms with Gasteiger partial charge < -0.3 is 41.7 Å². The largest absolute Gasteiger partial charge is 0.481 e. The van der Waals surface area contributed by atoms with Crippen LogP contribution in [0, 0.1) is 0 Å². The first kappa shape index (κ1) is 25.8. The SMILES string of the molecule is CC(O)C(NC(=O)C(CC(=O)O)NC(=O)C(N)CC(=O)O)C(=O)N1CCCC1C(=O)O. The minimum atomic E-state index is -1.73. The number of nitrogens with one attached hydrogen (secondary N) is 2. The van der Waals surface area contributed by atoms with Crippen molar-refractivity contribution in [2.45, 2.75) is 62.9 Å². The van der Waals surface area contributed by atoms with Crippen molar-refractivity contribution in [1.29, 1.82) is 0 Å². The third-order valence-corrected chi connectivity index (χ3v) is 4.61. The van der Waals surface area contributed by atoms with Crippen molar-refractivity contribution in [3.8, 4) is 0 Å². The average molecular weight is 446 g/mol. The van der Waals surface area contributed by atoms with E-state index in [4.69, 9.17) is 15.9 Å². The summed E-state index contributed by atoms with van der Waals surface area (Å²) >= 11 is 0. The molecular weight excluding hydrogens is 420 g/mol. The lowest BCUT2D eigenvalue weighted by Gasteiger charge is -2.30. The molecule has 0 saturated carbocycles. The van der Waals surface area contributed by atoms with Crippen LogP contribution >= 0.6 is 0 Å². The van der Waals surface area contributed by atoms with Gasteiger partial charge in [0.1, 0.15) is 18.1 Å². The maximum atomic E-state index is 12.7. The molecule has 14 heteroatoms. The zero-order chi connectivity index (χ0) is 23.9. The highest BCUT2D eigenvalue weighted by Crippen LogP contribution is 2.19. The molecule has 1 rings (SSSR count). The Hall–Kier alpha value is -3.26. The summed E-state index contributed by atoms with van der Waals surface area (Å²) in [5.41, 5.74) is 5.39. The van der Waals surface area contributed by atoms with Crippen LogP contribution in [0.15, 0.2) is 0 Å². The van der Waals surface area contributed by atoms with Crippen molar-refractivity contribution in [3.05, 3.63) is 0 Å². The van der Waals surface area contributed by atoms with E-state index >= 15 is 0 Å². The van der Waals surface area contributed by atoms with Gasteiger partial charge in [-0.2, -0.15) is 0 Å². The first-order valence-corrected chi connectivity index (χ1v) is 9.36. The van der Waals surface area contributed by atoms with Gasteiger partial charge in [-0.25, -0.2) is 4.79 Å². The molecule has 0 radical (unpaired) electrons. The van der Waals surface area contributed by atoms with Crippen molar-refractivity contribution >= 4 is 35.6 Å². The number of carbonyl (C=O) groups excluding carboxylic acids is 3. The van der Waals surface area contributed by atoms with Crippen molar-refractivity contribution in [2.24, 2.45) is 5.73 Å². The third-order valence-electron chi connectivity index (χ3n) is 4.61. The van der Waals surface area contributed by atoms with Crippen LogP contribution < -0.4 is 16.4 Å². The highest BCUT2D eigenvalue weighted by atomic mass is 16.4. The molecule has 1 fully saturated rings. The second kappa shape index (κ2) is 11.2. The number of carbonyl (C=O) groups is 6. The number of aliphatic hydroxyl groups excluding tert-OH is 1. The normalized spacial score (nSPS) is 19.6. The molecule has 0 aliphatic carbocycles. The molecule has 3 amide bonds. The Morgan fingerprint density at radius 2 is 1.58 bits per heavy atom. The van der Waals surface area contributed by atoms with E-state index in [0.29, 0.717) is 6.42 Å². The minimum Gasteiger partial charge on any atom is -0.481 e. The predicted molar refractivity (Wildman–Crippen MR) is 100 cm³/mol. The minimum absolute atomic E-state index is 0.0915. The van der Waals surface area contributed by atoms with E-state index in [1.54, 1.807) is 0 Å². The molecule has 0 aromatic heterocycles. The number of amides is 3. The van der Waals surface area contributed by atoms with Crippen LogP contribution in [-0.4, -0.2) is 97.8 Å². The standard InChI is InChI=1S/C17H26N4O10/c1-7(22)13(16(29)21-4-2-3-10(21)17(30)31)20-15(28)9(6-12(25)26)19-14(27)8(18)5-11(23)24/h7-10,13,22H,2-6,18H2,1H3,(H,19,27)(H,20,28)(H,23,24)(H,25,26)(H,30,31). The molecule has 8 N–H and O–H groups in total. The van der Waals surface area contributed by atoms with Gasteiger partial charge >= 0.3 is 17.9 Å². The molecule has 1 aliphatic rings. The number of hydrogen-bond acceptors (Lipinski definition) is 8. The molecule has 1 heterocycles. The van der Waals surface area contributed by atoms with Crippen molar-refractivity contribution in [3.63, 3.8) is 0 Å². The van der Waals surface area contributed by atoms with E-state index < -0.39 is 78.7 Å². The molecule has 174 valence electrons. The number of carboxylic acid groups (broad SMARTS) is 3. The topological polar surface area (TPSA) is 237 Å². The number of carboxylic acids is 3. The van der Waals surface area contributed by atoms with Crippen LogP contribution in [0.3, 0.4) is 0 Å². The van der Waals surface area contributed by atoms with E-state index in [-0.39, 0.29) is 13.0 Å². The van der Waals surface area contributed by atoms with Crippen LogP contribution in [0.25, 0.3) is 0 Å². The Labute approximate surface area is 176 Å². The molecule has 0 aromatic carbocycles. The fraction of sp³-hybridized carbons (Fsp3) is 0.647. The fourth-order valence-corrected chi connectivity index (χ4v) is 3.05. The van der Waals surface area contributed by atoms with E-state index in [9.17, 15) is 39.0 Å². The molecule has 1 saturated heterocycles. The summed E-state index contributed by atoms with van der Waals surface area (Å²) in [5, 5.41) is 41.0. The van der Waals surface area contributed by atoms with E-state index in [0.717, 1.165) is 4.90 Å². The third kappa shape index (κ3) is 7.49. The molecular formula is C17H26N4O10. The Balaban J connectivity index is 2.97. The van der Waals surface area contributed by atoms with Crippen LogP contribution in [0.2, 0.25) is 0 Å². The van der Waals surface area contributed by atoms with Crippen LogP contribution in [0.5, 0.6) is 0 Å². The molecule has 5 atom stereocenters. The maximum Gasteiger partial charge on any atom is 0.326 e.